The Labute approximate surface area is 157 Å². The molecule has 2 aromatic heterocycles. The van der Waals surface area contributed by atoms with Crippen LogP contribution in [0.4, 0.5) is 0 Å². The predicted octanol–water partition coefficient (Wildman–Crippen LogP) is 5.03. The fourth-order valence-corrected chi connectivity index (χ4v) is 3.38. The Bertz CT molecular complexity index is 1150. The summed E-state index contributed by atoms with van der Waals surface area (Å²) in [5.41, 5.74) is 4.64. The summed E-state index contributed by atoms with van der Waals surface area (Å²) >= 11 is 0. The molecular formula is C22H22N2O3. The summed E-state index contributed by atoms with van der Waals surface area (Å²) in [5, 5.41) is 5.04. The second kappa shape index (κ2) is 6.50. The lowest BCUT2D eigenvalue weighted by atomic mass is 10.1. The maximum absolute atomic E-state index is 12.7. The van der Waals surface area contributed by atoms with E-state index in [1.807, 2.05) is 56.3 Å². The number of methoxy groups -OCH3 is 1. The summed E-state index contributed by atoms with van der Waals surface area (Å²) in [5.74, 6) is 1.24. The van der Waals surface area contributed by atoms with Gasteiger partial charge in [-0.3, -0.25) is 4.79 Å². The lowest BCUT2D eigenvalue weighted by Crippen LogP contribution is -2.26. The summed E-state index contributed by atoms with van der Waals surface area (Å²) in [4.78, 5) is 16.1. The Morgan fingerprint density at radius 3 is 2.78 bits per heavy atom. The molecule has 2 aromatic carbocycles. The van der Waals surface area contributed by atoms with Gasteiger partial charge in [0.25, 0.3) is 5.91 Å². The van der Waals surface area contributed by atoms with E-state index < -0.39 is 0 Å². The molecule has 1 unspecified atom stereocenters. The molecule has 2 heterocycles. The maximum Gasteiger partial charge on any atom is 0.251 e. The van der Waals surface area contributed by atoms with Gasteiger partial charge in [0, 0.05) is 27.5 Å². The van der Waals surface area contributed by atoms with Gasteiger partial charge in [-0.25, -0.2) is 0 Å². The highest BCUT2D eigenvalue weighted by Crippen LogP contribution is 2.31. The van der Waals surface area contributed by atoms with Crippen LogP contribution < -0.4 is 10.1 Å². The Balaban J connectivity index is 1.60. The van der Waals surface area contributed by atoms with Crippen LogP contribution >= 0.6 is 0 Å². The Morgan fingerprint density at radius 1 is 1.19 bits per heavy atom. The summed E-state index contributed by atoms with van der Waals surface area (Å²) in [6.07, 6.45) is 0. The first-order valence-electron chi connectivity index (χ1n) is 8.94. The molecule has 0 aliphatic rings. The molecule has 0 bridgehead atoms. The molecule has 5 heteroatoms. The standard InChI is InChI=1S/C22H22N2O3/c1-12-13(2)23-18-9-8-16(10-17(12)18)22(25)24-14(3)20-11-15-6-5-7-19(26-4)21(15)27-20/h5-11,14,23H,1-4H3,(H,24,25). The fourth-order valence-electron chi connectivity index (χ4n) is 3.38. The number of nitrogens with one attached hydrogen (secondary N) is 2. The average molecular weight is 362 g/mol. The zero-order valence-electron chi connectivity index (χ0n) is 15.8. The summed E-state index contributed by atoms with van der Waals surface area (Å²) in [6, 6.07) is 13.1. The van der Waals surface area contributed by atoms with Crippen molar-refractivity contribution in [1.29, 1.82) is 0 Å². The molecule has 4 rings (SSSR count). The van der Waals surface area contributed by atoms with E-state index in [0.717, 1.165) is 27.5 Å². The van der Waals surface area contributed by atoms with Crippen molar-refractivity contribution in [2.45, 2.75) is 26.8 Å². The van der Waals surface area contributed by atoms with Crippen molar-refractivity contribution >= 4 is 27.8 Å². The molecule has 1 atom stereocenters. The zero-order chi connectivity index (χ0) is 19.1. The number of para-hydroxylation sites is 1. The normalized spacial score (nSPS) is 12.4. The molecule has 0 saturated heterocycles. The third kappa shape index (κ3) is 2.95. The van der Waals surface area contributed by atoms with E-state index in [2.05, 4.69) is 17.2 Å². The number of amides is 1. The Hall–Kier alpha value is -3.21. The number of furan rings is 1. The number of benzene rings is 2. The van der Waals surface area contributed by atoms with Gasteiger partial charge in [-0.05, 0) is 56.7 Å². The van der Waals surface area contributed by atoms with Gasteiger partial charge in [0.15, 0.2) is 11.3 Å². The highest BCUT2D eigenvalue weighted by atomic mass is 16.5. The van der Waals surface area contributed by atoms with Gasteiger partial charge in [0.1, 0.15) is 5.76 Å². The predicted molar refractivity (Wildman–Crippen MR) is 106 cm³/mol. The van der Waals surface area contributed by atoms with Gasteiger partial charge in [-0.1, -0.05) is 12.1 Å². The lowest BCUT2D eigenvalue weighted by molar-refractivity contribution is 0.0936. The quantitative estimate of drug-likeness (QED) is 0.535. The van der Waals surface area contributed by atoms with Crippen LogP contribution in [0.1, 0.15) is 40.3 Å². The SMILES string of the molecule is COc1cccc2cc(C(C)NC(=O)c3ccc4[nH]c(C)c(C)c4c3)oc12. The third-order valence-electron chi connectivity index (χ3n) is 5.09. The topological polar surface area (TPSA) is 67.3 Å². The van der Waals surface area contributed by atoms with E-state index in [-0.39, 0.29) is 11.9 Å². The first-order valence-corrected chi connectivity index (χ1v) is 8.94. The van der Waals surface area contributed by atoms with Crippen LogP contribution in [0.2, 0.25) is 0 Å². The molecule has 0 aliphatic carbocycles. The van der Waals surface area contributed by atoms with Crippen molar-refractivity contribution < 1.29 is 13.9 Å². The Morgan fingerprint density at radius 2 is 2.00 bits per heavy atom. The highest BCUT2D eigenvalue weighted by molar-refractivity contribution is 5.99. The summed E-state index contributed by atoms with van der Waals surface area (Å²) < 4.78 is 11.3. The van der Waals surface area contributed by atoms with Crippen LogP contribution in [0.5, 0.6) is 5.75 Å². The first kappa shape index (κ1) is 17.2. The molecule has 0 radical (unpaired) electrons. The van der Waals surface area contributed by atoms with Crippen molar-refractivity contribution in [2.24, 2.45) is 0 Å². The molecular weight excluding hydrogens is 340 g/mol. The molecule has 0 spiro atoms. The Kier molecular flexibility index (Phi) is 4.15. The first-order chi connectivity index (χ1) is 13.0. The van der Waals surface area contributed by atoms with Crippen molar-refractivity contribution in [3.63, 3.8) is 0 Å². The number of aryl methyl sites for hydroxylation is 2. The van der Waals surface area contributed by atoms with Crippen LogP contribution in [-0.2, 0) is 0 Å². The van der Waals surface area contributed by atoms with E-state index in [4.69, 9.17) is 9.15 Å². The van der Waals surface area contributed by atoms with Crippen LogP contribution in [0.25, 0.3) is 21.9 Å². The van der Waals surface area contributed by atoms with Gasteiger partial charge in [-0.15, -0.1) is 0 Å². The number of ether oxygens (including phenoxy) is 1. The third-order valence-corrected chi connectivity index (χ3v) is 5.09. The average Bonchev–Trinajstić information content (AvgIpc) is 3.23. The minimum absolute atomic E-state index is 0.130. The van der Waals surface area contributed by atoms with E-state index in [0.29, 0.717) is 22.7 Å². The molecule has 0 aliphatic heterocycles. The molecule has 27 heavy (non-hydrogen) atoms. The number of fused-ring (bicyclic) bond motifs is 2. The van der Waals surface area contributed by atoms with E-state index in [9.17, 15) is 4.79 Å². The van der Waals surface area contributed by atoms with Crippen molar-refractivity contribution in [3.8, 4) is 5.75 Å². The molecule has 0 saturated carbocycles. The molecule has 5 nitrogen and oxygen atoms in total. The van der Waals surface area contributed by atoms with Crippen molar-refractivity contribution in [3.05, 3.63) is 65.0 Å². The second-order valence-electron chi connectivity index (χ2n) is 6.86. The van der Waals surface area contributed by atoms with Gasteiger partial charge < -0.3 is 19.5 Å². The number of H-pyrrole nitrogens is 1. The largest absolute Gasteiger partial charge is 0.493 e. The summed E-state index contributed by atoms with van der Waals surface area (Å²) in [7, 11) is 1.61. The molecule has 2 N–H and O–H groups in total. The number of carbonyl (C=O) groups excluding carboxylic acids is 1. The fraction of sp³-hybridized carbons (Fsp3) is 0.227. The minimum Gasteiger partial charge on any atom is -0.493 e. The number of aromatic nitrogens is 1. The number of hydrogen-bond acceptors (Lipinski definition) is 3. The van der Waals surface area contributed by atoms with Crippen LogP contribution in [-0.4, -0.2) is 18.0 Å². The zero-order valence-corrected chi connectivity index (χ0v) is 15.8. The smallest absolute Gasteiger partial charge is 0.251 e. The molecule has 0 fully saturated rings. The van der Waals surface area contributed by atoms with Crippen LogP contribution in [0.15, 0.2) is 46.9 Å². The number of hydrogen-bond donors (Lipinski definition) is 2. The van der Waals surface area contributed by atoms with Gasteiger partial charge in [0.2, 0.25) is 0 Å². The van der Waals surface area contributed by atoms with Crippen molar-refractivity contribution in [1.82, 2.24) is 10.3 Å². The number of carbonyl (C=O) groups is 1. The number of aromatic amines is 1. The van der Waals surface area contributed by atoms with Gasteiger partial charge in [0.05, 0.1) is 13.2 Å². The second-order valence-corrected chi connectivity index (χ2v) is 6.86. The molecule has 4 aromatic rings. The van der Waals surface area contributed by atoms with E-state index >= 15 is 0 Å². The van der Waals surface area contributed by atoms with Crippen LogP contribution in [0.3, 0.4) is 0 Å². The van der Waals surface area contributed by atoms with E-state index in [1.54, 1.807) is 7.11 Å². The number of rotatable bonds is 4. The molecule has 1 amide bonds. The summed E-state index contributed by atoms with van der Waals surface area (Å²) in [6.45, 7) is 6.00. The molecule has 138 valence electrons. The van der Waals surface area contributed by atoms with Crippen molar-refractivity contribution in [2.75, 3.05) is 7.11 Å². The van der Waals surface area contributed by atoms with Gasteiger partial charge >= 0.3 is 0 Å². The lowest BCUT2D eigenvalue weighted by Gasteiger charge is -2.11. The monoisotopic (exact) mass is 362 g/mol. The maximum atomic E-state index is 12.7. The van der Waals surface area contributed by atoms with Gasteiger partial charge in [-0.2, -0.15) is 0 Å². The van der Waals surface area contributed by atoms with Crippen LogP contribution in [0, 0.1) is 13.8 Å². The van der Waals surface area contributed by atoms with E-state index in [1.165, 1.54) is 0 Å². The minimum atomic E-state index is -0.264. The highest BCUT2D eigenvalue weighted by Gasteiger charge is 2.17.